The lowest BCUT2D eigenvalue weighted by Crippen LogP contribution is -2.39. The first-order valence-electron chi connectivity index (χ1n) is 13.8. The van der Waals surface area contributed by atoms with E-state index in [0.717, 1.165) is 33.3 Å². The molecule has 0 unspecified atom stereocenters. The molecular formula is C32H37N3O5. The Kier molecular flexibility index (Phi) is 7.72. The fourth-order valence-corrected chi connectivity index (χ4v) is 5.49. The van der Waals surface area contributed by atoms with Crippen molar-refractivity contribution in [1.29, 1.82) is 0 Å². The van der Waals surface area contributed by atoms with Crippen LogP contribution in [0, 0.1) is 5.92 Å². The number of fused-ring (bicyclic) bond motifs is 4. The van der Waals surface area contributed by atoms with E-state index in [2.05, 4.69) is 10.3 Å². The van der Waals surface area contributed by atoms with Gasteiger partial charge in [0.15, 0.2) is 17.3 Å². The Balaban J connectivity index is 1.52. The molecule has 2 aromatic carbocycles. The van der Waals surface area contributed by atoms with Crippen molar-refractivity contribution in [2.75, 3.05) is 13.7 Å². The number of para-hydroxylation sites is 1. The Labute approximate surface area is 234 Å². The third kappa shape index (κ3) is 5.11. The van der Waals surface area contributed by atoms with Gasteiger partial charge in [-0.05, 0) is 62.1 Å². The summed E-state index contributed by atoms with van der Waals surface area (Å²) in [5, 5.41) is 14.2. The monoisotopic (exact) mass is 543 g/mol. The van der Waals surface area contributed by atoms with E-state index >= 15 is 0 Å². The molecule has 5 rings (SSSR count). The predicted octanol–water partition coefficient (Wildman–Crippen LogP) is 5.16. The zero-order valence-corrected chi connectivity index (χ0v) is 23.7. The molecular weight excluding hydrogens is 506 g/mol. The number of ether oxygens (including phenoxy) is 2. The second-order valence-corrected chi connectivity index (χ2v) is 11.0. The number of amides is 1. The number of ketones is 1. The standard InChI is InChI=1S/C32H37N3O5/c1-18(2)31(37)30-25(32(38)34-22(17-36)12-21-16-33-26-9-7-6-8-23(21)26)14-27-24-15-29(40-19(3)4)28(39-5)13-20(24)10-11-35(27)30/h6-9,13-16,18-19,22,33,36H,10-12,17H2,1-5H3,(H,34,38)/t22-/m1/s1. The van der Waals surface area contributed by atoms with E-state index in [9.17, 15) is 14.7 Å². The van der Waals surface area contributed by atoms with Gasteiger partial charge in [0.1, 0.15) is 0 Å². The number of rotatable bonds is 10. The second kappa shape index (κ2) is 11.2. The van der Waals surface area contributed by atoms with Gasteiger partial charge in [0.2, 0.25) is 0 Å². The Morgan fingerprint density at radius 3 is 2.58 bits per heavy atom. The highest BCUT2D eigenvalue weighted by Gasteiger charge is 2.31. The quantitative estimate of drug-likeness (QED) is 0.240. The van der Waals surface area contributed by atoms with E-state index in [1.54, 1.807) is 13.2 Å². The normalized spacial score (nSPS) is 13.3. The molecule has 0 spiro atoms. The van der Waals surface area contributed by atoms with E-state index in [-0.39, 0.29) is 30.3 Å². The topological polar surface area (TPSA) is 106 Å². The fourth-order valence-electron chi connectivity index (χ4n) is 5.49. The van der Waals surface area contributed by atoms with Crippen LogP contribution in [-0.2, 0) is 19.4 Å². The lowest BCUT2D eigenvalue weighted by molar-refractivity contribution is 0.0887. The molecule has 40 heavy (non-hydrogen) atoms. The minimum absolute atomic E-state index is 0.0469. The van der Waals surface area contributed by atoms with Crippen LogP contribution in [0.4, 0.5) is 0 Å². The molecule has 3 N–H and O–H groups in total. The molecule has 8 nitrogen and oxygen atoms in total. The summed E-state index contributed by atoms with van der Waals surface area (Å²) in [5.41, 5.74) is 5.51. The van der Waals surface area contributed by atoms with E-state index in [1.165, 1.54) is 0 Å². The predicted molar refractivity (Wildman–Crippen MR) is 155 cm³/mol. The van der Waals surface area contributed by atoms with Gasteiger partial charge >= 0.3 is 0 Å². The van der Waals surface area contributed by atoms with Gasteiger partial charge in [0.25, 0.3) is 5.91 Å². The number of hydrogen-bond donors (Lipinski definition) is 3. The van der Waals surface area contributed by atoms with Gasteiger partial charge < -0.3 is 29.4 Å². The molecule has 2 aromatic heterocycles. The van der Waals surface area contributed by atoms with Gasteiger partial charge in [-0.3, -0.25) is 9.59 Å². The van der Waals surface area contributed by atoms with Crippen molar-refractivity contribution in [1.82, 2.24) is 14.9 Å². The fraction of sp³-hybridized carbons (Fsp3) is 0.375. The number of nitrogens with one attached hydrogen (secondary N) is 2. The number of aryl methyl sites for hydroxylation is 1. The van der Waals surface area contributed by atoms with Gasteiger partial charge in [-0.1, -0.05) is 32.0 Å². The molecule has 0 fully saturated rings. The van der Waals surface area contributed by atoms with Crippen LogP contribution < -0.4 is 14.8 Å². The molecule has 3 heterocycles. The Bertz CT molecular complexity index is 1560. The first-order valence-corrected chi connectivity index (χ1v) is 13.8. The smallest absolute Gasteiger partial charge is 0.253 e. The average Bonchev–Trinajstić information content (AvgIpc) is 3.53. The number of methoxy groups -OCH3 is 1. The molecule has 8 heteroatoms. The number of hydrogen-bond acceptors (Lipinski definition) is 5. The number of aliphatic hydroxyl groups excluding tert-OH is 1. The van der Waals surface area contributed by atoms with E-state index in [4.69, 9.17) is 9.47 Å². The van der Waals surface area contributed by atoms with Crippen molar-refractivity contribution >= 4 is 22.6 Å². The average molecular weight is 544 g/mol. The van der Waals surface area contributed by atoms with E-state index < -0.39 is 6.04 Å². The van der Waals surface area contributed by atoms with Crippen LogP contribution in [0.15, 0.2) is 48.7 Å². The minimum Gasteiger partial charge on any atom is -0.493 e. The Morgan fingerprint density at radius 2 is 1.88 bits per heavy atom. The molecule has 4 aromatic rings. The van der Waals surface area contributed by atoms with Crippen molar-refractivity contribution in [3.05, 3.63) is 71.0 Å². The highest BCUT2D eigenvalue weighted by Crippen LogP contribution is 2.41. The molecule has 210 valence electrons. The Morgan fingerprint density at radius 1 is 1.10 bits per heavy atom. The van der Waals surface area contributed by atoms with Gasteiger partial charge in [-0.2, -0.15) is 0 Å². The zero-order chi connectivity index (χ0) is 28.6. The lowest BCUT2D eigenvalue weighted by Gasteiger charge is -2.24. The SMILES string of the molecule is COc1cc2c(cc1OC(C)C)-c1cc(C(=O)N[C@@H](CO)Cc3c[nH]c4ccccc34)c(C(=O)C(C)C)n1CC2. The number of benzene rings is 2. The summed E-state index contributed by atoms with van der Waals surface area (Å²) in [6.45, 7) is 7.93. The summed E-state index contributed by atoms with van der Waals surface area (Å²) in [5.74, 6) is 0.518. The van der Waals surface area contributed by atoms with Gasteiger partial charge in [-0.15, -0.1) is 0 Å². The number of carbonyl (C=O) groups excluding carboxylic acids is 2. The van der Waals surface area contributed by atoms with Crippen molar-refractivity contribution in [2.45, 2.75) is 59.2 Å². The third-order valence-electron chi connectivity index (χ3n) is 7.43. The van der Waals surface area contributed by atoms with Crippen LogP contribution >= 0.6 is 0 Å². The number of aromatic amines is 1. The van der Waals surface area contributed by atoms with E-state index in [0.29, 0.717) is 42.1 Å². The van der Waals surface area contributed by atoms with Crippen molar-refractivity contribution in [2.24, 2.45) is 5.92 Å². The van der Waals surface area contributed by atoms with Crippen LogP contribution in [-0.4, -0.2) is 52.2 Å². The number of aromatic nitrogens is 2. The molecule has 0 saturated heterocycles. The maximum atomic E-state index is 13.8. The zero-order valence-electron chi connectivity index (χ0n) is 23.7. The summed E-state index contributed by atoms with van der Waals surface area (Å²) in [7, 11) is 1.62. The molecule has 0 saturated carbocycles. The molecule has 1 aliphatic heterocycles. The lowest BCUT2D eigenvalue weighted by atomic mass is 9.97. The third-order valence-corrected chi connectivity index (χ3v) is 7.43. The number of H-pyrrole nitrogens is 1. The summed E-state index contributed by atoms with van der Waals surface area (Å²) in [6, 6.07) is 13.1. The summed E-state index contributed by atoms with van der Waals surface area (Å²) < 4.78 is 13.6. The maximum absolute atomic E-state index is 13.8. The van der Waals surface area contributed by atoms with Gasteiger partial charge in [0, 0.05) is 40.8 Å². The summed E-state index contributed by atoms with van der Waals surface area (Å²) in [6.07, 6.45) is 3.00. The molecule has 0 bridgehead atoms. The maximum Gasteiger partial charge on any atom is 0.253 e. The minimum atomic E-state index is -0.520. The van der Waals surface area contributed by atoms with Crippen LogP contribution in [0.1, 0.15) is 59.7 Å². The second-order valence-electron chi connectivity index (χ2n) is 11.0. The molecule has 1 aliphatic rings. The molecule has 1 amide bonds. The van der Waals surface area contributed by atoms with Gasteiger partial charge in [0.05, 0.1) is 37.1 Å². The summed E-state index contributed by atoms with van der Waals surface area (Å²) in [4.78, 5) is 30.5. The first-order chi connectivity index (χ1) is 19.2. The number of carbonyl (C=O) groups is 2. The van der Waals surface area contributed by atoms with Crippen molar-refractivity contribution < 1.29 is 24.2 Å². The Hall–Kier alpha value is -4.04. The van der Waals surface area contributed by atoms with Crippen LogP contribution in [0.2, 0.25) is 0 Å². The van der Waals surface area contributed by atoms with E-state index in [1.807, 2.05) is 74.9 Å². The first kappa shape index (κ1) is 27.5. The van der Waals surface area contributed by atoms with Crippen LogP contribution in [0.3, 0.4) is 0 Å². The number of nitrogens with zero attached hydrogens (tertiary/aromatic N) is 1. The van der Waals surface area contributed by atoms with Crippen molar-refractivity contribution in [3.63, 3.8) is 0 Å². The highest BCUT2D eigenvalue weighted by molar-refractivity contribution is 6.09. The molecule has 0 aliphatic carbocycles. The van der Waals surface area contributed by atoms with Crippen LogP contribution in [0.5, 0.6) is 11.5 Å². The summed E-state index contributed by atoms with van der Waals surface area (Å²) >= 11 is 0. The van der Waals surface area contributed by atoms with Crippen molar-refractivity contribution in [3.8, 4) is 22.8 Å². The molecule has 0 radical (unpaired) electrons. The highest BCUT2D eigenvalue weighted by atomic mass is 16.5. The van der Waals surface area contributed by atoms with Crippen LogP contribution in [0.25, 0.3) is 22.2 Å². The largest absolute Gasteiger partial charge is 0.493 e. The number of Topliss-reactive ketones (excluding diaryl/α,β-unsaturated/α-hetero) is 1. The number of aliphatic hydroxyl groups is 1. The van der Waals surface area contributed by atoms with Gasteiger partial charge in [-0.25, -0.2) is 0 Å². The molecule has 1 atom stereocenters.